The second-order valence-electron chi connectivity index (χ2n) is 7.33. The first-order chi connectivity index (χ1) is 14.8. The van der Waals surface area contributed by atoms with Crippen LogP contribution in [0.2, 0.25) is 0 Å². The van der Waals surface area contributed by atoms with Crippen LogP contribution in [-0.4, -0.2) is 22.9 Å². The van der Waals surface area contributed by atoms with Crippen LogP contribution in [0.1, 0.15) is 42.2 Å². The van der Waals surface area contributed by atoms with Gasteiger partial charge in [-0.25, -0.2) is 9.78 Å². The van der Waals surface area contributed by atoms with Crippen molar-refractivity contribution in [2.45, 2.75) is 33.6 Å². The van der Waals surface area contributed by atoms with Crippen LogP contribution in [0.3, 0.4) is 0 Å². The van der Waals surface area contributed by atoms with E-state index in [1.54, 1.807) is 38.2 Å². The first-order valence-electron chi connectivity index (χ1n) is 9.86. The number of aryl methyl sites for hydroxylation is 2. The van der Waals surface area contributed by atoms with E-state index in [1.165, 1.54) is 6.07 Å². The van der Waals surface area contributed by atoms with Gasteiger partial charge in [0.05, 0.1) is 34.9 Å². The van der Waals surface area contributed by atoms with Gasteiger partial charge in [0.2, 0.25) is 5.88 Å². The van der Waals surface area contributed by atoms with Gasteiger partial charge in [0.1, 0.15) is 17.1 Å². The monoisotopic (exact) mass is 422 g/mol. The van der Waals surface area contributed by atoms with Crippen LogP contribution in [0.4, 0.5) is 10.5 Å². The lowest BCUT2D eigenvalue weighted by Gasteiger charge is -2.31. The number of hydrogen-bond acceptors (Lipinski definition) is 7. The molecule has 0 aliphatic carbocycles. The van der Waals surface area contributed by atoms with E-state index in [0.717, 1.165) is 11.3 Å². The number of fused-ring (bicyclic) bond motifs is 2. The van der Waals surface area contributed by atoms with Gasteiger partial charge in [0, 0.05) is 17.8 Å². The first kappa shape index (κ1) is 20.5. The minimum absolute atomic E-state index is 0.171. The van der Waals surface area contributed by atoms with Crippen LogP contribution in [0.25, 0.3) is 11.0 Å². The number of benzene rings is 1. The highest BCUT2D eigenvalue weighted by Crippen LogP contribution is 2.48. The predicted molar refractivity (Wildman–Crippen MR) is 115 cm³/mol. The molecule has 0 spiro atoms. The fourth-order valence-electron chi connectivity index (χ4n) is 3.96. The second-order valence-corrected chi connectivity index (χ2v) is 7.33. The molecule has 0 amide bonds. The summed E-state index contributed by atoms with van der Waals surface area (Å²) < 4.78 is 17.0. The number of carboxylic acid groups (broad SMARTS) is 1. The molecule has 1 atom stereocenters. The third kappa shape index (κ3) is 3.50. The summed E-state index contributed by atoms with van der Waals surface area (Å²) in [6, 6.07) is 6.64. The van der Waals surface area contributed by atoms with Crippen molar-refractivity contribution in [3.05, 3.63) is 74.6 Å². The van der Waals surface area contributed by atoms with Crippen LogP contribution in [0.5, 0.6) is 5.88 Å². The number of allylic oxidation sites excluding steroid dienone is 2. The van der Waals surface area contributed by atoms with E-state index in [9.17, 15) is 14.7 Å². The fourth-order valence-corrected chi connectivity index (χ4v) is 3.96. The summed E-state index contributed by atoms with van der Waals surface area (Å²) in [7, 11) is 0. The van der Waals surface area contributed by atoms with Crippen LogP contribution < -0.4 is 15.5 Å². The smallest absolute Gasteiger partial charge is 0.478 e. The molecule has 160 valence electrons. The molecule has 2 aromatic heterocycles. The molecular weight excluding hydrogens is 400 g/mol. The summed E-state index contributed by atoms with van der Waals surface area (Å²) in [4.78, 5) is 28.6. The zero-order valence-electron chi connectivity index (χ0n) is 17.6. The Morgan fingerprint density at radius 2 is 2.06 bits per heavy atom. The van der Waals surface area contributed by atoms with Gasteiger partial charge in [0.25, 0.3) is 0 Å². The van der Waals surface area contributed by atoms with Crippen molar-refractivity contribution in [2.75, 3.05) is 11.9 Å². The molecule has 4 rings (SSSR count). The highest BCUT2D eigenvalue weighted by Gasteiger charge is 2.37. The SMILES string of the molecule is CCOc1ncc(C)c2c1C(c1cccc3c(=O)cc(C)oc13)C(OC(=O)O)=C(C)N2. The minimum atomic E-state index is -1.44. The van der Waals surface area contributed by atoms with Crippen LogP contribution in [-0.2, 0) is 4.74 Å². The van der Waals surface area contributed by atoms with Crippen LogP contribution >= 0.6 is 0 Å². The summed E-state index contributed by atoms with van der Waals surface area (Å²) in [5.74, 6) is 0.263. The van der Waals surface area contributed by atoms with E-state index in [4.69, 9.17) is 13.9 Å². The molecule has 3 heterocycles. The van der Waals surface area contributed by atoms with Crippen LogP contribution in [0, 0.1) is 13.8 Å². The Balaban J connectivity index is 2.10. The van der Waals surface area contributed by atoms with E-state index in [-0.39, 0.29) is 11.2 Å². The molecule has 0 bridgehead atoms. The Bertz CT molecular complexity index is 1290. The molecule has 1 aliphatic rings. The van der Waals surface area contributed by atoms with Gasteiger partial charge in [-0.1, -0.05) is 12.1 Å². The quantitative estimate of drug-likeness (QED) is 0.583. The highest BCUT2D eigenvalue weighted by atomic mass is 16.7. The molecule has 0 fully saturated rings. The zero-order valence-corrected chi connectivity index (χ0v) is 17.6. The Kier molecular flexibility index (Phi) is 5.14. The van der Waals surface area contributed by atoms with Gasteiger partial charge < -0.3 is 24.3 Å². The van der Waals surface area contributed by atoms with Crippen LogP contribution in [0.15, 0.2) is 51.1 Å². The number of aromatic nitrogens is 1. The molecule has 8 heteroatoms. The Labute approximate surface area is 178 Å². The Morgan fingerprint density at radius 1 is 1.29 bits per heavy atom. The second kappa shape index (κ2) is 7.79. The summed E-state index contributed by atoms with van der Waals surface area (Å²) in [6.45, 7) is 7.55. The van der Waals surface area contributed by atoms with Gasteiger partial charge in [-0.3, -0.25) is 4.79 Å². The fraction of sp³-hybridized carbons (Fsp3) is 0.261. The number of nitrogens with zero attached hydrogens (tertiary/aromatic N) is 1. The van der Waals surface area contributed by atoms with Gasteiger partial charge in [-0.2, -0.15) is 0 Å². The summed E-state index contributed by atoms with van der Waals surface area (Å²) in [5.41, 5.74) is 3.55. The maximum atomic E-state index is 12.6. The lowest BCUT2D eigenvalue weighted by atomic mass is 9.84. The molecule has 0 saturated heterocycles. The van der Waals surface area contributed by atoms with Gasteiger partial charge in [-0.15, -0.1) is 0 Å². The molecule has 0 saturated carbocycles. The number of rotatable bonds is 4. The minimum Gasteiger partial charge on any atom is -0.478 e. The Morgan fingerprint density at radius 3 is 2.77 bits per heavy atom. The van der Waals surface area contributed by atoms with Crippen molar-refractivity contribution in [2.24, 2.45) is 0 Å². The van der Waals surface area contributed by atoms with Crippen molar-refractivity contribution in [1.82, 2.24) is 4.98 Å². The number of nitrogens with one attached hydrogen (secondary N) is 1. The topological polar surface area (TPSA) is 111 Å². The van der Waals surface area contributed by atoms with Crippen molar-refractivity contribution in [3.8, 4) is 5.88 Å². The van der Waals surface area contributed by atoms with Crippen molar-refractivity contribution in [1.29, 1.82) is 0 Å². The van der Waals surface area contributed by atoms with Gasteiger partial charge >= 0.3 is 6.16 Å². The number of carbonyl (C=O) groups is 1. The largest absolute Gasteiger partial charge is 0.511 e. The lowest BCUT2D eigenvalue weighted by molar-refractivity contribution is 0.113. The third-order valence-corrected chi connectivity index (χ3v) is 5.20. The molecular formula is C23H22N2O6. The summed E-state index contributed by atoms with van der Waals surface area (Å²) >= 11 is 0. The summed E-state index contributed by atoms with van der Waals surface area (Å²) in [5, 5.41) is 13.0. The number of hydrogen-bond donors (Lipinski definition) is 2. The van der Waals surface area contributed by atoms with E-state index in [0.29, 0.717) is 46.0 Å². The molecule has 31 heavy (non-hydrogen) atoms. The molecule has 1 unspecified atom stereocenters. The molecule has 3 aromatic rings. The van der Waals surface area contributed by atoms with Gasteiger partial charge in [-0.05, 0) is 39.3 Å². The maximum Gasteiger partial charge on any atom is 0.511 e. The standard InChI is InChI=1S/C23H22N2O6/c1-5-29-22-18-17(15-8-6-7-14-16(26)9-12(3)30-21(14)15)20(31-23(27)28)13(4)25-19(18)11(2)10-24-22/h6-10,17,25H,5H2,1-4H3,(H,27,28). The highest BCUT2D eigenvalue weighted by molar-refractivity contribution is 5.83. The third-order valence-electron chi connectivity index (χ3n) is 5.20. The van der Waals surface area contributed by atoms with Crippen molar-refractivity contribution < 1.29 is 23.8 Å². The molecule has 0 radical (unpaired) electrons. The number of pyridine rings is 1. The van der Waals surface area contributed by atoms with Crippen molar-refractivity contribution >= 4 is 22.8 Å². The number of para-hydroxylation sites is 1. The number of ether oxygens (including phenoxy) is 2. The normalized spacial score (nSPS) is 15.4. The molecule has 1 aromatic carbocycles. The van der Waals surface area contributed by atoms with E-state index in [1.807, 2.05) is 13.8 Å². The molecule has 1 aliphatic heterocycles. The van der Waals surface area contributed by atoms with E-state index >= 15 is 0 Å². The number of anilines is 1. The summed E-state index contributed by atoms with van der Waals surface area (Å²) in [6.07, 6.45) is 0.249. The molecule has 2 N–H and O–H groups in total. The van der Waals surface area contributed by atoms with Crippen molar-refractivity contribution in [3.63, 3.8) is 0 Å². The Hall–Kier alpha value is -3.81. The molecule has 8 nitrogen and oxygen atoms in total. The zero-order chi connectivity index (χ0) is 22.3. The predicted octanol–water partition coefficient (Wildman–Crippen LogP) is 4.69. The van der Waals surface area contributed by atoms with E-state index in [2.05, 4.69) is 10.3 Å². The first-order valence-corrected chi connectivity index (χ1v) is 9.86. The van der Waals surface area contributed by atoms with E-state index < -0.39 is 12.1 Å². The average Bonchev–Trinajstić information content (AvgIpc) is 2.71. The van der Waals surface area contributed by atoms with Gasteiger partial charge in [0.15, 0.2) is 5.43 Å². The maximum absolute atomic E-state index is 12.6. The average molecular weight is 422 g/mol. The lowest BCUT2D eigenvalue weighted by Crippen LogP contribution is -2.23.